The van der Waals surface area contributed by atoms with E-state index in [0.717, 1.165) is 31.2 Å². The monoisotopic (exact) mass is 403 g/mol. The van der Waals surface area contributed by atoms with Crippen LogP contribution in [0.3, 0.4) is 0 Å². The average molecular weight is 404 g/mol. The molecule has 6 heteroatoms. The van der Waals surface area contributed by atoms with Crippen LogP contribution in [0.5, 0.6) is 0 Å². The zero-order valence-corrected chi connectivity index (χ0v) is 18.7. The van der Waals surface area contributed by atoms with E-state index >= 15 is 0 Å². The van der Waals surface area contributed by atoms with Crippen molar-refractivity contribution in [3.05, 3.63) is 29.8 Å². The highest BCUT2D eigenvalue weighted by Crippen LogP contribution is 2.24. The number of anilines is 1. The van der Waals surface area contributed by atoms with Gasteiger partial charge in [0, 0.05) is 17.8 Å². The standard InChI is InChI=1S/C23H37N3O3/c1-7-8-9-10-19(23(4,5)6)26-22(29)21(28)25-18-13-11-17(12-14-18)15-20(27)24-16(2)3/h11-14,16,19H,7-10,15H2,1-6H3,(H,24,27)(H,25,28)(H,26,29). The quantitative estimate of drug-likeness (QED) is 0.433. The molecular weight excluding hydrogens is 366 g/mol. The number of carbonyl (C=O) groups excluding carboxylic acids is 3. The molecule has 1 aromatic rings. The van der Waals surface area contributed by atoms with Crippen molar-refractivity contribution in [2.45, 2.75) is 85.7 Å². The Morgan fingerprint density at radius 1 is 0.931 bits per heavy atom. The second-order valence-corrected chi connectivity index (χ2v) is 8.94. The predicted molar refractivity (Wildman–Crippen MR) is 118 cm³/mol. The molecule has 0 aliphatic carbocycles. The summed E-state index contributed by atoms with van der Waals surface area (Å²) in [6.07, 6.45) is 4.37. The number of unbranched alkanes of at least 4 members (excludes halogenated alkanes) is 2. The van der Waals surface area contributed by atoms with E-state index in [1.54, 1.807) is 24.3 Å². The second kappa shape index (κ2) is 11.6. The summed E-state index contributed by atoms with van der Waals surface area (Å²) in [5.74, 6) is -1.35. The van der Waals surface area contributed by atoms with Crippen molar-refractivity contribution < 1.29 is 14.4 Å². The molecule has 0 fully saturated rings. The topological polar surface area (TPSA) is 87.3 Å². The Hall–Kier alpha value is -2.37. The molecule has 29 heavy (non-hydrogen) atoms. The maximum atomic E-state index is 12.4. The number of hydrogen-bond acceptors (Lipinski definition) is 3. The minimum absolute atomic E-state index is 0.0486. The normalized spacial score (nSPS) is 12.4. The fraction of sp³-hybridized carbons (Fsp3) is 0.609. The first kappa shape index (κ1) is 24.7. The Bertz CT molecular complexity index is 676. The van der Waals surface area contributed by atoms with E-state index in [1.165, 1.54) is 0 Å². The van der Waals surface area contributed by atoms with Gasteiger partial charge in [-0.1, -0.05) is 59.1 Å². The Balaban J connectivity index is 2.62. The molecule has 0 heterocycles. The molecule has 6 nitrogen and oxygen atoms in total. The van der Waals surface area contributed by atoms with E-state index in [0.29, 0.717) is 5.69 Å². The molecule has 0 radical (unpaired) electrons. The lowest BCUT2D eigenvalue weighted by Gasteiger charge is -2.31. The van der Waals surface area contributed by atoms with Crippen LogP contribution >= 0.6 is 0 Å². The molecule has 1 aromatic carbocycles. The van der Waals surface area contributed by atoms with E-state index in [-0.39, 0.29) is 29.8 Å². The van der Waals surface area contributed by atoms with Crippen LogP contribution in [0.2, 0.25) is 0 Å². The second-order valence-electron chi connectivity index (χ2n) is 8.94. The van der Waals surface area contributed by atoms with Gasteiger partial charge in [-0.05, 0) is 43.4 Å². The fourth-order valence-electron chi connectivity index (χ4n) is 3.00. The van der Waals surface area contributed by atoms with Crippen molar-refractivity contribution in [1.29, 1.82) is 0 Å². The summed E-state index contributed by atoms with van der Waals surface area (Å²) in [6, 6.07) is 6.98. The number of amides is 3. The van der Waals surface area contributed by atoms with Crippen molar-refractivity contribution in [3.8, 4) is 0 Å². The molecule has 162 valence electrons. The molecular formula is C23H37N3O3. The van der Waals surface area contributed by atoms with Gasteiger partial charge in [0.15, 0.2) is 0 Å². The summed E-state index contributed by atoms with van der Waals surface area (Å²) in [7, 11) is 0. The number of rotatable bonds is 9. The van der Waals surface area contributed by atoms with Gasteiger partial charge in [-0.15, -0.1) is 0 Å². The smallest absolute Gasteiger partial charge is 0.313 e. The number of nitrogens with one attached hydrogen (secondary N) is 3. The summed E-state index contributed by atoms with van der Waals surface area (Å²) in [5.41, 5.74) is 1.24. The fourth-order valence-corrected chi connectivity index (χ4v) is 3.00. The van der Waals surface area contributed by atoms with Crippen LogP contribution in [-0.2, 0) is 20.8 Å². The van der Waals surface area contributed by atoms with Crippen LogP contribution in [0.1, 0.15) is 72.8 Å². The summed E-state index contributed by atoms with van der Waals surface area (Å²) in [6.45, 7) is 12.2. The minimum atomic E-state index is -0.681. The van der Waals surface area contributed by atoms with Gasteiger partial charge in [-0.2, -0.15) is 0 Å². The van der Waals surface area contributed by atoms with E-state index in [4.69, 9.17) is 0 Å². The van der Waals surface area contributed by atoms with Crippen LogP contribution < -0.4 is 16.0 Å². The first-order valence-corrected chi connectivity index (χ1v) is 10.5. The zero-order valence-electron chi connectivity index (χ0n) is 18.7. The molecule has 0 saturated carbocycles. The van der Waals surface area contributed by atoms with Crippen LogP contribution in [0.25, 0.3) is 0 Å². The number of benzene rings is 1. The Kier molecular flexibility index (Phi) is 9.86. The van der Waals surface area contributed by atoms with E-state index in [1.807, 2.05) is 13.8 Å². The third-order valence-corrected chi connectivity index (χ3v) is 4.68. The van der Waals surface area contributed by atoms with Gasteiger partial charge in [-0.25, -0.2) is 0 Å². The molecule has 0 saturated heterocycles. The largest absolute Gasteiger partial charge is 0.354 e. The van der Waals surface area contributed by atoms with Crippen molar-refractivity contribution in [1.82, 2.24) is 10.6 Å². The Morgan fingerprint density at radius 3 is 2.07 bits per heavy atom. The van der Waals surface area contributed by atoms with Gasteiger partial charge in [0.1, 0.15) is 0 Å². The van der Waals surface area contributed by atoms with Crippen LogP contribution in [0.15, 0.2) is 24.3 Å². The Morgan fingerprint density at radius 2 is 1.55 bits per heavy atom. The van der Waals surface area contributed by atoms with E-state index in [2.05, 4.69) is 43.6 Å². The van der Waals surface area contributed by atoms with Crippen LogP contribution in [0.4, 0.5) is 5.69 Å². The molecule has 1 atom stereocenters. The lowest BCUT2D eigenvalue weighted by Crippen LogP contribution is -2.47. The lowest BCUT2D eigenvalue weighted by atomic mass is 9.83. The van der Waals surface area contributed by atoms with Gasteiger partial charge in [0.05, 0.1) is 6.42 Å². The summed E-state index contributed by atoms with van der Waals surface area (Å²) in [5, 5.41) is 8.35. The lowest BCUT2D eigenvalue weighted by molar-refractivity contribution is -0.137. The molecule has 3 amide bonds. The first-order chi connectivity index (χ1) is 13.5. The maximum Gasteiger partial charge on any atom is 0.313 e. The first-order valence-electron chi connectivity index (χ1n) is 10.5. The molecule has 1 rings (SSSR count). The summed E-state index contributed by atoms with van der Waals surface area (Å²) < 4.78 is 0. The van der Waals surface area contributed by atoms with Gasteiger partial charge in [0.2, 0.25) is 5.91 Å². The van der Waals surface area contributed by atoms with Gasteiger partial charge in [0.25, 0.3) is 0 Å². The molecule has 3 N–H and O–H groups in total. The Labute approximate surface area is 175 Å². The summed E-state index contributed by atoms with van der Waals surface area (Å²) in [4.78, 5) is 36.5. The highest BCUT2D eigenvalue weighted by Gasteiger charge is 2.28. The van der Waals surface area contributed by atoms with Crippen LogP contribution in [-0.4, -0.2) is 29.8 Å². The molecule has 0 aromatic heterocycles. The van der Waals surface area contributed by atoms with Crippen LogP contribution in [0, 0.1) is 5.41 Å². The number of hydrogen-bond donors (Lipinski definition) is 3. The minimum Gasteiger partial charge on any atom is -0.354 e. The average Bonchev–Trinajstić information content (AvgIpc) is 2.61. The highest BCUT2D eigenvalue weighted by atomic mass is 16.2. The van der Waals surface area contributed by atoms with Crippen molar-refractivity contribution in [2.75, 3.05) is 5.32 Å². The third-order valence-electron chi connectivity index (χ3n) is 4.68. The molecule has 0 aliphatic heterocycles. The SMILES string of the molecule is CCCCCC(NC(=O)C(=O)Nc1ccc(CC(=O)NC(C)C)cc1)C(C)(C)C. The van der Waals surface area contributed by atoms with Gasteiger partial charge in [-0.3, -0.25) is 14.4 Å². The molecule has 1 unspecified atom stereocenters. The zero-order chi connectivity index (χ0) is 22.0. The van der Waals surface area contributed by atoms with E-state index in [9.17, 15) is 14.4 Å². The van der Waals surface area contributed by atoms with Crippen molar-refractivity contribution >= 4 is 23.4 Å². The maximum absolute atomic E-state index is 12.4. The summed E-state index contributed by atoms with van der Waals surface area (Å²) >= 11 is 0. The van der Waals surface area contributed by atoms with Crippen molar-refractivity contribution in [3.63, 3.8) is 0 Å². The van der Waals surface area contributed by atoms with E-state index < -0.39 is 11.8 Å². The highest BCUT2D eigenvalue weighted by molar-refractivity contribution is 6.39. The molecule has 0 spiro atoms. The van der Waals surface area contributed by atoms with Gasteiger partial charge >= 0.3 is 11.8 Å². The molecule has 0 bridgehead atoms. The third kappa shape index (κ3) is 9.59. The molecule has 0 aliphatic rings. The van der Waals surface area contributed by atoms with Gasteiger partial charge < -0.3 is 16.0 Å². The number of carbonyl (C=O) groups is 3. The van der Waals surface area contributed by atoms with Crippen molar-refractivity contribution in [2.24, 2.45) is 5.41 Å². The predicted octanol–water partition coefficient (Wildman–Crippen LogP) is 3.80.